The fourth-order valence-electron chi connectivity index (χ4n) is 1.73. The minimum atomic E-state index is -0.987. The van der Waals surface area contributed by atoms with Gasteiger partial charge in [-0.3, -0.25) is 4.79 Å². The number of nitrogens with zero attached hydrogens (tertiary/aromatic N) is 2. The zero-order valence-corrected chi connectivity index (χ0v) is 12.4. The number of aliphatic carboxylic acids is 1. The van der Waals surface area contributed by atoms with E-state index < -0.39 is 5.97 Å². The van der Waals surface area contributed by atoms with Gasteiger partial charge >= 0.3 is 5.97 Å². The quantitative estimate of drug-likeness (QED) is 0.858. The van der Waals surface area contributed by atoms with Crippen molar-refractivity contribution in [1.82, 2.24) is 10.1 Å². The minimum absolute atomic E-state index is 0.222. The summed E-state index contributed by atoms with van der Waals surface area (Å²) in [5.74, 6) is -0.622. The predicted octanol–water partition coefficient (Wildman–Crippen LogP) is 2.41. The summed E-state index contributed by atoms with van der Waals surface area (Å²) >= 11 is 1.42. The standard InChI is InChI=1S/C14H14N2O4S/c1-9-5-12(15-20-9)14(19)16(2)7-10-6-11(21-8-10)3-4-13(17)18/h3-6,8H,7H2,1-2H3,(H,17,18). The molecule has 0 atom stereocenters. The molecule has 0 spiro atoms. The smallest absolute Gasteiger partial charge is 0.328 e. The van der Waals surface area contributed by atoms with Crippen molar-refractivity contribution in [3.63, 3.8) is 0 Å². The van der Waals surface area contributed by atoms with Gasteiger partial charge in [0.05, 0.1) is 0 Å². The Morgan fingerprint density at radius 2 is 2.24 bits per heavy atom. The lowest BCUT2D eigenvalue weighted by atomic mass is 10.2. The second-order valence-electron chi connectivity index (χ2n) is 4.51. The first kappa shape index (κ1) is 15.0. The summed E-state index contributed by atoms with van der Waals surface area (Å²) in [4.78, 5) is 24.9. The summed E-state index contributed by atoms with van der Waals surface area (Å²) in [5.41, 5.74) is 1.21. The lowest BCUT2D eigenvalue weighted by Crippen LogP contribution is -2.26. The molecule has 0 aliphatic carbocycles. The number of aromatic nitrogens is 1. The molecular weight excluding hydrogens is 292 g/mol. The summed E-state index contributed by atoms with van der Waals surface area (Å²) in [5, 5.41) is 14.2. The van der Waals surface area contributed by atoms with E-state index in [0.717, 1.165) is 16.5 Å². The van der Waals surface area contributed by atoms with Crippen LogP contribution in [-0.4, -0.2) is 34.1 Å². The van der Waals surface area contributed by atoms with Gasteiger partial charge in [-0.2, -0.15) is 0 Å². The normalized spacial score (nSPS) is 11.0. The molecule has 0 fully saturated rings. The molecule has 0 aliphatic heterocycles. The van der Waals surface area contributed by atoms with Gasteiger partial charge in [0.1, 0.15) is 5.76 Å². The van der Waals surface area contributed by atoms with Gasteiger partial charge in [0.25, 0.3) is 5.91 Å². The van der Waals surface area contributed by atoms with E-state index in [4.69, 9.17) is 9.63 Å². The topological polar surface area (TPSA) is 83.6 Å². The molecule has 0 bridgehead atoms. The Labute approximate surface area is 125 Å². The number of rotatable bonds is 5. The fourth-order valence-corrected chi connectivity index (χ4v) is 2.52. The molecule has 0 radical (unpaired) electrons. The number of aryl methyl sites for hydroxylation is 1. The molecule has 110 valence electrons. The largest absolute Gasteiger partial charge is 0.478 e. The van der Waals surface area contributed by atoms with Gasteiger partial charge in [-0.25, -0.2) is 4.79 Å². The molecule has 0 unspecified atom stereocenters. The second-order valence-corrected chi connectivity index (χ2v) is 5.46. The van der Waals surface area contributed by atoms with E-state index in [-0.39, 0.29) is 11.6 Å². The molecule has 1 amide bonds. The summed E-state index contributed by atoms with van der Waals surface area (Å²) in [6.45, 7) is 2.14. The Kier molecular flexibility index (Phi) is 4.54. The molecule has 0 saturated carbocycles. The number of hydrogen-bond acceptors (Lipinski definition) is 5. The third-order valence-corrected chi connectivity index (χ3v) is 3.62. The van der Waals surface area contributed by atoms with Gasteiger partial charge < -0.3 is 14.5 Å². The molecular formula is C14H14N2O4S. The van der Waals surface area contributed by atoms with Crippen molar-refractivity contribution in [2.45, 2.75) is 13.5 Å². The van der Waals surface area contributed by atoms with Crippen LogP contribution in [0.4, 0.5) is 0 Å². The van der Waals surface area contributed by atoms with Crippen molar-refractivity contribution in [1.29, 1.82) is 0 Å². The Balaban J connectivity index is 2.01. The van der Waals surface area contributed by atoms with Gasteiger partial charge in [0.2, 0.25) is 0 Å². The van der Waals surface area contributed by atoms with E-state index in [1.165, 1.54) is 22.3 Å². The Bertz CT molecular complexity index is 687. The zero-order valence-electron chi connectivity index (χ0n) is 11.6. The van der Waals surface area contributed by atoms with Crippen molar-refractivity contribution in [3.8, 4) is 0 Å². The van der Waals surface area contributed by atoms with E-state index >= 15 is 0 Å². The number of amides is 1. The third kappa shape index (κ3) is 4.03. The Hall–Kier alpha value is -2.41. The molecule has 1 N–H and O–H groups in total. The average Bonchev–Trinajstić information content (AvgIpc) is 3.04. The lowest BCUT2D eigenvalue weighted by Gasteiger charge is -2.14. The molecule has 7 heteroatoms. The van der Waals surface area contributed by atoms with Crippen LogP contribution in [0, 0.1) is 6.92 Å². The van der Waals surface area contributed by atoms with E-state index in [2.05, 4.69) is 5.16 Å². The lowest BCUT2D eigenvalue weighted by molar-refractivity contribution is -0.131. The molecule has 0 aromatic carbocycles. The van der Waals surface area contributed by atoms with E-state index in [1.54, 1.807) is 20.0 Å². The predicted molar refractivity (Wildman–Crippen MR) is 78.0 cm³/mol. The first-order valence-corrected chi connectivity index (χ1v) is 7.01. The third-order valence-electron chi connectivity index (χ3n) is 2.68. The average molecular weight is 306 g/mol. The highest BCUT2D eigenvalue weighted by atomic mass is 32.1. The van der Waals surface area contributed by atoms with Crippen LogP contribution in [0.1, 0.15) is 26.7 Å². The molecule has 2 aromatic heterocycles. The number of carboxylic acid groups (broad SMARTS) is 1. The summed E-state index contributed by atoms with van der Waals surface area (Å²) in [6, 6.07) is 3.44. The van der Waals surface area contributed by atoms with Crippen LogP contribution in [0.25, 0.3) is 6.08 Å². The first-order chi connectivity index (χ1) is 9.95. The summed E-state index contributed by atoms with van der Waals surface area (Å²) in [7, 11) is 1.68. The van der Waals surface area contributed by atoms with Crippen molar-refractivity contribution in [3.05, 3.63) is 45.5 Å². The highest BCUT2D eigenvalue weighted by molar-refractivity contribution is 7.11. The van der Waals surface area contributed by atoms with Crippen LogP contribution < -0.4 is 0 Å². The Morgan fingerprint density at radius 1 is 1.48 bits per heavy atom. The van der Waals surface area contributed by atoms with Crippen LogP contribution in [0.15, 0.2) is 28.1 Å². The van der Waals surface area contributed by atoms with Gasteiger partial charge in [0.15, 0.2) is 5.69 Å². The van der Waals surface area contributed by atoms with Gasteiger partial charge in [-0.1, -0.05) is 5.16 Å². The van der Waals surface area contributed by atoms with Crippen molar-refractivity contribution in [2.24, 2.45) is 0 Å². The Morgan fingerprint density at radius 3 is 2.86 bits per heavy atom. The molecule has 2 rings (SSSR count). The van der Waals surface area contributed by atoms with Gasteiger partial charge in [-0.15, -0.1) is 11.3 Å². The van der Waals surface area contributed by atoms with Crippen molar-refractivity contribution >= 4 is 29.3 Å². The summed E-state index contributed by atoms with van der Waals surface area (Å²) < 4.78 is 4.88. The second kappa shape index (κ2) is 6.36. The van der Waals surface area contributed by atoms with Crippen LogP contribution in [0.2, 0.25) is 0 Å². The number of hydrogen-bond donors (Lipinski definition) is 1. The van der Waals surface area contributed by atoms with Crippen LogP contribution >= 0.6 is 11.3 Å². The zero-order chi connectivity index (χ0) is 15.4. The molecule has 0 aliphatic rings. The number of carboxylic acids is 1. The maximum atomic E-state index is 12.1. The monoisotopic (exact) mass is 306 g/mol. The molecule has 6 nitrogen and oxygen atoms in total. The molecule has 21 heavy (non-hydrogen) atoms. The minimum Gasteiger partial charge on any atom is -0.478 e. The van der Waals surface area contributed by atoms with E-state index in [0.29, 0.717) is 12.3 Å². The van der Waals surface area contributed by atoms with E-state index in [1.807, 2.05) is 11.4 Å². The van der Waals surface area contributed by atoms with Crippen LogP contribution in [0.5, 0.6) is 0 Å². The maximum absolute atomic E-state index is 12.1. The van der Waals surface area contributed by atoms with Gasteiger partial charge in [0, 0.05) is 30.6 Å². The van der Waals surface area contributed by atoms with Gasteiger partial charge in [-0.05, 0) is 30.0 Å². The highest BCUT2D eigenvalue weighted by Gasteiger charge is 2.16. The molecule has 2 heterocycles. The molecule has 0 saturated heterocycles. The first-order valence-electron chi connectivity index (χ1n) is 6.13. The highest BCUT2D eigenvalue weighted by Crippen LogP contribution is 2.18. The number of carbonyl (C=O) groups is 2. The van der Waals surface area contributed by atoms with Crippen molar-refractivity contribution < 1.29 is 19.2 Å². The molecule has 2 aromatic rings. The van der Waals surface area contributed by atoms with E-state index in [9.17, 15) is 9.59 Å². The summed E-state index contributed by atoms with van der Waals surface area (Å²) in [6.07, 6.45) is 2.61. The SMILES string of the molecule is Cc1cc(C(=O)N(C)Cc2csc(C=CC(=O)O)c2)no1. The fraction of sp³-hybridized carbons (Fsp3) is 0.214. The maximum Gasteiger partial charge on any atom is 0.328 e. The van der Waals surface area contributed by atoms with Crippen LogP contribution in [-0.2, 0) is 11.3 Å². The number of thiophene rings is 1. The van der Waals surface area contributed by atoms with Crippen LogP contribution in [0.3, 0.4) is 0 Å². The van der Waals surface area contributed by atoms with Crippen molar-refractivity contribution in [2.75, 3.05) is 7.05 Å². The number of carbonyl (C=O) groups excluding carboxylic acids is 1.